The first-order chi connectivity index (χ1) is 37.1. The number of allylic oxidation sites excluding steroid dienone is 2. The summed E-state index contributed by atoms with van der Waals surface area (Å²) in [5.74, 6) is -0.368. The highest BCUT2D eigenvalue weighted by molar-refractivity contribution is 5.69. The third-order valence-corrected chi connectivity index (χ3v) is 15.5. The molecule has 450 valence electrons. The lowest BCUT2D eigenvalue weighted by Crippen LogP contribution is -2.61. The van der Waals surface area contributed by atoms with E-state index >= 15 is 0 Å². The van der Waals surface area contributed by atoms with Crippen molar-refractivity contribution < 1.29 is 69.0 Å². The Morgan fingerprint density at radius 2 is 0.776 bits per heavy atom. The van der Waals surface area contributed by atoms with Crippen LogP contribution in [-0.2, 0) is 33.2 Å². The first-order valence-corrected chi connectivity index (χ1v) is 31.8. The van der Waals surface area contributed by atoms with Gasteiger partial charge in [-0.15, -0.1) is 0 Å². The number of carbonyl (C=O) groups is 1. The summed E-state index contributed by atoms with van der Waals surface area (Å²) in [5.41, 5.74) is 0. The lowest BCUT2D eigenvalue weighted by molar-refractivity contribution is -0.332. The summed E-state index contributed by atoms with van der Waals surface area (Å²) in [7, 11) is 0. The third-order valence-electron chi connectivity index (χ3n) is 15.5. The van der Waals surface area contributed by atoms with Gasteiger partial charge in [0, 0.05) is 13.0 Å². The van der Waals surface area contributed by atoms with Gasteiger partial charge in [-0.25, -0.2) is 0 Å². The van der Waals surface area contributed by atoms with E-state index in [0.717, 1.165) is 38.5 Å². The predicted octanol–water partition coefficient (Wildman–Crippen LogP) is 12.1. The Balaban J connectivity index is 1.65. The van der Waals surface area contributed by atoms with E-state index in [1.807, 2.05) is 0 Å². The van der Waals surface area contributed by atoms with E-state index in [4.69, 9.17) is 28.4 Å². The van der Waals surface area contributed by atoms with Gasteiger partial charge in [0.25, 0.3) is 0 Å². The van der Waals surface area contributed by atoms with Gasteiger partial charge in [-0.3, -0.25) is 4.79 Å². The normalized spacial score (nSPS) is 24.4. The molecule has 2 aliphatic heterocycles. The SMILES string of the molecule is CCCCCCCCCC/C=C\CCCCCCCCCCCCCCCCOCC(COC1OC(COC2OC(CO)C(O)C(O)C2O)C(O)C(O)C1O)OC(=O)CCCCCCCCCCCCCCCCCC. The number of aliphatic hydroxyl groups is 7. The minimum Gasteiger partial charge on any atom is -0.457 e. The average molecular weight is 1090 g/mol. The van der Waals surface area contributed by atoms with Gasteiger partial charge in [-0.05, 0) is 38.5 Å². The van der Waals surface area contributed by atoms with Crippen molar-refractivity contribution in [2.45, 2.75) is 345 Å². The Hall–Kier alpha value is -1.27. The quantitative estimate of drug-likeness (QED) is 0.0172. The highest BCUT2D eigenvalue weighted by Crippen LogP contribution is 2.27. The van der Waals surface area contributed by atoms with E-state index in [0.29, 0.717) is 13.0 Å². The number of esters is 1. The number of hydrogen-bond donors (Lipinski definition) is 7. The fourth-order valence-corrected chi connectivity index (χ4v) is 10.4. The Morgan fingerprint density at radius 1 is 0.421 bits per heavy atom. The Morgan fingerprint density at radius 3 is 1.20 bits per heavy atom. The zero-order valence-electron chi connectivity index (χ0n) is 48.5. The van der Waals surface area contributed by atoms with Crippen LogP contribution in [0.15, 0.2) is 12.2 Å². The fourth-order valence-electron chi connectivity index (χ4n) is 10.4. The second kappa shape index (κ2) is 49.5. The fraction of sp³-hybridized carbons (Fsp3) is 0.952. The standard InChI is InChI=1S/C62H118O14/c1-3-5-7-9-11-13-15-17-19-21-22-23-24-25-26-27-28-29-30-32-34-36-38-40-42-44-46-71-48-51(74-54(64)45-43-41-39-37-35-33-31-20-18-16-14-12-10-8-6-4-2)49-72-61-60(70)58(68)56(66)53(76-61)50-73-62-59(69)57(67)55(65)52(47-63)75-62/h21-22,51-53,55-63,65-70H,3-20,23-50H2,1-2H3/b22-21-. The van der Waals surface area contributed by atoms with Crippen molar-refractivity contribution >= 4 is 5.97 Å². The molecule has 0 aromatic heterocycles. The summed E-state index contributed by atoms with van der Waals surface area (Å²) < 4.78 is 34.5. The van der Waals surface area contributed by atoms with Crippen LogP contribution in [0.4, 0.5) is 0 Å². The summed E-state index contributed by atoms with van der Waals surface area (Å²) >= 11 is 0. The molecule has 2 rings (SSSR count). The molecular formula is C62H118O14. The van der Waals surface area contributed by atoms with Crippen LogP contribution in [0.1, 0.15) is 277 Å². The monoisotopic (exact) mass is 1090 g/mol. The van der Waals surface area contributed by atoms with E-state index in [1.165, 1.54) is 212 Å². The van der Waals surface area contributed by atoms with E-state index in [-0.39, 0.29) is 25.6 Å². The van der Waals surface area contributed by atoms with Crippen molar-refractivity contribution in [1.29, 1.82) is 0 Å². The molecule has 0 saturated carbocycles. The molecule has 7 N–H and O–H groups in total. The Bertz CT molecular complexity index is 1310. The van der Waals surface area contributed by atoms with E-state index < -0.39 is 80.7 Å². The van der Waals surface area contributed by atoms with Gasteiger partial charge in [-0.1, -0.05) is 244 Å². The van der Waals surface area contributed by atoms with Crippen molar-refractivity contribution in [3.8, 4) is 0 Å². The maximum absolute atomic E-state index is 13.1. The molecule has 2 fully saturated rings. The van der Waals surface area contributed by atoms with Gasteiger partial charge in [0.2, 0.25) is 0 Å². The second-order valence-corrected chi connectivity index (χ2v) is 22.6. The Labute approximate surface area is 463 Å². The molecule has 14 heteroatoms. The summed E-state index contributed by atoms with van der Waals surface area (Å²) in [6.45, 7) is 3.76. The van der Waals surface area contributed by atoms with Crippen LogP contribution in [0.25, 0.3) is 0 Å². The van der Waals surface area contributed by atoms with Gasteiger partial charge in [0.1, 0.15) is 54.9 Å². The smallest absolute Gasteiger partial charge is 0.306 e. The molecule has 14 nitrogen and oxygen atoms in total. The van der Waals surface area contributed by atoms with Crippen molar-refractivity contribution in [3.05, 3.63) is 12.2 Å². The lowest BCUT2D eigenvalue weighted by atomic mass is 9.98. The third kappa shape index (κ3) is 35.5. The maximum atomic E-state index is 13.1. The number of ether oxygens (including phenoxy) is 6. The molecule has 0 aromatic carbocycles. The Kier molecular flexibility index (Phi) is 46.2. The van der Waals surface area contributed by atoms with Crippen LogP contribution in [-0.4, -0.2) is 142 Å². The number of aliphatic hydroxyl groups excluding tert-OH is 7. The van der Waals surface area contributed by atoms with Crippen LogP contribution in [0.2, 0.25) is 0 Å². The summed E-state index contributed by atoms with van der Waals surface area (Å²) in [4.78, 5) is 13.1. The van der Waals surface area contributed by atoms with E-state index in [1.54, 1.807) is 0 Å². The zero-order valence-corrected chi connectivity index (χ0v) is 48.5. The van der Waals surface area contributed by atoms with Crippen molar-refractivity contribution in [3.63, 3.8) is 0 Å². The molecule has 11 atom stereocenters. The second-order valence-electron chi connectivity index (χ2n) is 22.6. The minimum absolute atomic E-state index is 0.0686. The van der Waals surface area contributed by atoms with Crippen LogP contribution < -0.4 is 0 Å². The molecule has 2 heterocycles. The molecule has 0 amide bonds. The molecule has 0 bridgehead atoms. The van der Waals surface area contributed by atoms with Crippen LogP contribution in [0.3, 0.4) is 0 Å². The molecule has 2 saturated heterocycles. The molecule has 11 unspecified atom stereocenters. The zero-order chi connectivity index (χ0) is 55.1. The van der Waals surface area contributed by atoms with Gasteiger partial charge >= 0.3 is 5.97 Å². The lowest BCUT2D eigenvalue weighted by Gasteiger charge is -2.42. The first kappa shape index (κ1) is 70.8. The minimum atomic E-state index is -1.70. The van der Waals surface area contributed by atoms with Gasteiger partial charge in [0.05, 0.1) is 26.4 Å². The molecule has 76 heavy (non-hydrogen) atoms. The molecule has 2 aliphatic rings. The largest absolute Gasteiger partial charge is 0.457 e. The molecular weight excluding hydrogens is 969 g/mol. The van der Waals surface area contributed by atoms with Gasteiger partial charge in [0.15, 0.2) is 12.6 Å². The molecule has 0 spiro atoms. The van der Waals surface area contributed by atoms with Gasteiger partial charge in [-0.2, -0.15) is 0 Å². The maximum Gasteiger partial charge on any atom is 0.306 e. The van der Waals surface area contributed by atoms with Crippen molar-refractivity contribution in [2.24, 2.45) is 0 Å². The summed E-state index contributed by atoms with van der Waals surface area (Å²) in [6.07, 6.45) is 40.0. The molecule has 0 aliphatic carbocycles. The van der Waals surface area contributed by atoms with Crippen LogP contribution in [0, 0.1) is 0 Å². The van der Waals surface area contributed by atoms with Crippen LogP contribution in [0.5, 0.6) is 0 Å². The highest BCUT2D eigenvalue weighted by atomic mass is 16.7. The van der Waals surface area contributed by atoms with Crippen LogP contribution >= 0.6 is 0 Å². The number of rotatable bonds is 53. The summed E-state index contributed by atoms with van der Waals surface area (Å²) in [6, 6.07) is 0. The number of hydrogen-bond acceptors (Lipinski definition) is 14. The van der Waals surface area contributed by atoms with Gasteiger partial charge < -0.3 is 64.2 Å². The number of carbonyl (C=O) groups excluding carboxylic acids is 1. The van der Waals surface area contributed by atoms with Crippen molar-refractivity contribution in [1.82, 2.24) is 0 Å². The average Bonchev–Trinajstić information content (AvgIpc) is 3.42. The predicted molar refractivity (Wildman–Crippen MR) is 303 cm³/mol. The topological polar surface area (TPSA) is 214 Å². The highest BCUT2D eigenvalue weighted by Gasteiger charge is 2.47. The molecule has 0 aromatic rings. The summed E-state index contributed by atoms with van der Waals surface area (Å²) in [5, 5.41) is 72.4. The number of unbranched alkanes of at least 4 members (excludes halogenated alkanes) is 37. The van der Waals surface area contributed by atoms with Crippen molar-refractivity contribution in [2.75, 3.05) is 33.0 Å². The van der Waals surface area contributed by atoms with E-state index in [9.17, 15) is 40.5 Å². The van der Waals surface area contributed by atoms with E-state index in [2.05, 4.69) is 26.0 Å². The molecule has 0 radical (unpaired) electrons. The first-order valence-electron chi connectivity index (χ1n) is 31.8.